The highest BCUT2D eigenvalue weighted by atomic mass is 35.5. The van der Waals surface area contributed by atoms with Gasteiger partial charge in [-0.2, -0.15) is 0 Å². The van der Waals surface area contributed by atoms with Crippen LogP contribution >= 0.6 is 11.6 Å². The van der Waals surface area contributed by atoms with E-state index >= 15 is 0 Å². The second-order valence-corrected chi connectivity index (χ2v) is 5.99. The van der Waals surface area contributed by atoms with Gasteiger partial charge in [0.1, 0.15) is 5.82 Å². The van der Waals surface area contributed by atoms with Crippen LogP contribution in [0, 0.1) is 5.82 Å². The van der Waals surface area contributed by atoms with Crippen molar-refractivity contribution in [2.45, 2.75) is 26.2 Å². The van der Waals surface area contributed by atoms with E-state index in [1.807, 2.05) is 6.92 Å². The number of nitrogens with one attached hydrogen (secondary N) is 2. The smallest absolute Gasteiger partial charge is 0.253 e. The van der Waals surface area contributed by atoms with Gasteiger partial charge in [-0.3, -0.25) is 9.59 Å². The van der Waals surface area contributed by atoms with Crippen molar-refractivity contribution in [2.24, 2.45) is 0 Å². The van der Waals surface area contributed by atoms with E-state index in [0.717, 1.165) is 12.8 Å². The standard InChI is InChI=1S/C19H20ClFN2O2/c1-2-3-11-22-19(25)13-7-4-5-10-17(13)23-18(24)12-14-15(20)8-6-9-16(14)21/h4-10H,2-3,11-12H2,1H3,(H,22,25)(H,23,24). The summed E-state index contributed by atoms with van der Waals surface area (Å²) in [5, 5.41) is 5.66. The number of hydrogen-bond donors (Lipinski definition) is 2. The third-order valence-corrected chi connectivity index (χ3v) is 4.01. The Morgan fingerprint density at radius 2 is 1.88 bits per heavy atom. The molecule has 0 atom stereocenters. The maximum atomic E-state index is 13.8. The summed E-state index contributed by atoms with van der Waals surface area (Å²) in [6, 6.07) is 11.0. The van der Waals surface area contributed by atoms with Gasteiger partial charge in [-0.25, -0.2) is 4.39 Å². The molecule has 0 aliphatic carbocycles. The average molecular weight is 363 g/mol. The van der Waals surface area contributed by atoms with E-state index in [4.69, 9.17) is 11.6 Å². The molecule has 0 aliphatic rings. The maximum Gasteiger partial charge on any atom is 0.253 e. The Hall–Kier alpha value is -2.40. The molecule has 2 amide bonds. The SMILES string of the molecule is CCCCNC(=O)c1ccccc1NC(=O)Cc1c(F)cccc1Cl. The summed E-state index contributed by atoms with van der Waals surface area (Å²) in [5.74, 6) is -1.23. The number of carbonyl (C=O) groups excluding carboxylic acids is 2. The monoisotopic (exact) mass is 362 g/mol. The fraction of sp³-hybridized carbons (Fsp3) is 0.263. The van der Waals surface area contributed by atoms with Crippen molar-refractivity contribution in [1.82, 2.24) is 5.32 Å². The van der Waals surface area contributed by atoms with Crippen LogP contribution in [0.3, 0.4) is 0 Å². The molecule has 0 spiro atoms. The van der Waals surface area contributed by atoms with Crippen LogP contribution in [-0.4, -0.2) is 18.4 Å². The summed E-state index contributed by atoms with van der Waals surface area (Å²) < 4.78 is 13.8. The van der Waals surface area contributed by atoms with Crippen LogP contribution in [0.1, 0.15) is 35.7 Å². The molecule has 0 saturated carbocycles. The molecular formula is C19H20ClFN2O2. The van der Waals surface area contributed by atoms with Crippen LogP contribution in [0.5, 0.6) is 0 Å². The van der Waals surface area contributed by atoms with Crippen LogP contribution in [0.15, 0.2) is 42.5 Å². The normalized spacial score (nSPS) is 10.4. The molecule has 0 saturated heterocycles. The molecule has 132 valence electrons. The number of benzene rings is 2. The summed E-state index contributed by atoms with van der Waals surface area (Å²) in [5.41, 5.74) is 0.882. The van der Waals surface area contributed by atoms with Gasteiger partial charge in [0.05, 0.1) is 17.7 Å². The van der Waals surface area contributed by atoms with Gasteiger partial charge in [0, 0.05) is 17.1 Å². The topological polar surface area (TPSA) is 58.2 Å². The van der Waals surface area contributed by atoms with Crippen molar-refractivity contribution in [3.63, 3.8) is 0 Å². The highest BCUT2D eigenvalue weighted by molar-refractivity contribution is 6.31. The molecule has 0 bridgehead atoms. The van der Waals surface area contributed by atoms with E-state index in [9.17, 15) is 14.0 Å². The number of unbranched alkanes of at least 4 members (excludes halogenated alkanes) is 1. The molecule has 0 aromatic heterocycles. The van der Waals surface area contributed by atoms with E-state index < -0.39 is 11.7 Å². The van der Waals surface area contributed by atoms with Gasteiger partial charge in [-0.05, 0) is 30.7 Å². The Labute approximate surface area is 151 Å². The van der Waals surface area contributed by atoms with Crippen molar-refractivity contribution in [3.8, 4) is 0 Å². The van der Waals surface area contributed by atoms with Gasteiger partial charge >= 0.3 is 0 Å². The fourth-order valence-electron chi connectivity index (χ4n) is 2.32. The molecule has 0 heterocycles. The molecule has 25 heavy (non-hydrogen) atoms. The zero-order valence-electron chi connectivity index (χ0n) is 13.9. The molecule has 2 N–H and O–H groups in total. The first-order chi connectivity index (χ1) is 12.0. The summed E-state index contributed by atoms with van der Waals surface area (Å²) in [7, 11) is 0. The molecule has 2 rings (SSSR count). The van der Waals surface area contributed by atoms with Gasteiger partial charge in [-0.15, -0.1) is 0 Å². The summed E-state index contributed by atoms with van der Waals surface area (Å²) in [6.07, 6.45) is 1.64. The van der Waals surface area contributed by atoms with Crippen LogP contribution in [0.4, 0.5) is 10.1 Å². The van der Waals surface area contributed by atoms with E-state index in [1.54, 1.807) is 24.3 Å². The van der Waals surface area contributed by atoms with E-state index in [0.29, 0.717) is 17.8 Å². The first kappa shape index (κ1) is 18.9. The second kappa shape index (κ2) is 9.18. The van der Waals surface area contributed by atoms with Crippen molar-refractivity contribution in [1.29, 1.82) is 0 Å². The lowest BCUT2D eigenvalue weighted by atomic mass is 10.1. The predicted molar refractivity (Wildman–Crippen MR) is 97.4 cm³/mol. The zero-order valence-corrected chi connectivity index (χ0v) is 14.7. The third kappa shape index (κ3) is 5.29. The quantitative estimate of drug-likeness (QED) is 0.725. The summed E-state index contributed by atoms with van der Waals surface area (Å²) in [4.78, 5) is 24.5. The largest absolute Gasteiger partial charge is 0.352 e. The van der Waals surface area contributed by atoms with E-state index in [1.165, 1.54) is 18.2 Å². The molecule has 2 aromatic rings. The van der Waals surface area contributed by atoms with Gasteiger partial charge in [0.25, 0.3) is 5.91 Å². The molecule has 0 unspecified atom stereocenters. The van der Waals surface area contributed by atoms with Crippen molar-refractivity contribution < 1.29 is 14.0 Å². The van der Waals surface area contributed by atoms with Crippen molar-refractivity contribution in [3.05, 3.63) is 64.4 Å². The Morgan fingerprint density at radius 3 is 2.60 bits per heavy atom. The fourth-order valence-corrected chi connectivity index (χ4v) is 2.55. The lowest BCUT2D eigenvalue weighted by molar-refractivity contribution is -0.115. The van der Waals surface area contributed by atoms with Crippen LogP contribution in [0.25, 0.3) is 0 Å². The first-order valence-corrected chi connectivity index (χ1v) is 8.50. The molecular weight excluding hydrogens is 343 g/mol. The molecule has 6 heteroatoms. The molecule has 2 aromatic carbocycles. The van der Waals surface area contributed by atoms with Gasteiger partial charge in [0.15, 0.2) is 0 Å². The zero-order chi connectivity index (χ0) is 18.2. The number of amides is 2. The third-order valence-electron chi connectivity index (χ3n) is 3.66. The average Bonchev–Trinajstić information content (AvgIpc) is 2.59. The van der Waals surface area contributed by atoms with Gasteiger partial charge in [-0.1, -0.05) is 43.1 Å². The maximum absolute atomic E-state index is 13.8. The number of para-hydroxylation sites is 1. The Kier molecular flexibility index (Phi) is 6.95. The minimum atomic E-state index is -0.534. The highest BCUT2D eigenvalue weighted by Gasteiger charge is 2.15. The number of anilines is 1. The van der Waals surface area contributed by atoms with Gasteiger partial charge < -0.3 is 10.6 Å². The van der Waals surface area contributed by atoms with Crippen LogP contribution < -0.4 is 10.6 Å². The molecule has 0 aliphatic heterocycles. The van der Waals surface area contributed by atoms with E-state index in [2.05, 4.69) is 10.6 Å². The summed E-state index contributed by atoms with van der Waals surface area (Å²) in [6.45, 7) is 2.61. The Morgan fingerprint density at radius 1 is 1.12 bits per heavy atom. The van der Waals surface area contributed by atoms with Crippen molar-refractivity contribution >= 4 is 29.1 Å². The van der Waals surface area contributed by atoms with Gasteiger partial charge in [0.2, 0.25) is 5.91 Å². The lowest BCUT2D eigenvalue weighted by Crippen LogP contribution is -2.26. The lowest BCUT2D eigenvalue weighted by Gasteiger charge is -2.12. The van der Waals surface area contributed by atoms with Crippen LogP contribution in [0.2, 0.25) is 5.02 Å². The predicted octanol–water partition coefficient (Wildman–Crippen LogP) is 4.19. The number of carbonyl (C=O) groups is 2. The summed E-state index contributed by atoms with van der Waals surface area (Å²) >= 11 is 5.95. The second-order valence-electron chi connectivity index (χ2n) is 5.58. The Balaban J connectivity index is 2.09. The molecule has 0 radical (unpaired) electrons. The van der Waals surface area contributed by atoms with Crippen LogP contribution in [-0.2, 0) is 11.2 Å². The molecule has 0 fully saturated rings. The number of rotatable bonds is 7. The minimum Gasteiger partial charge on any atom is -0.352 e. The minimum absolute atomic E-state index is 0.131. The Bertz CT molecular complexity index is 745. The molecule has 4 nitrogen and oxygen atoms in total. The first-order valence-electron chi connectivity index (χ1n) is 8.13. The van der Waals surface area contributed by atoms with Crippen molar-refractivity contribution in [2.75, 3.05) is 11.9 Å². The van der Waals surface area contributed by atoms with E-state index in [-0.39, 0.29) is 22.9 Å². The number of halogens is 2. The highest BCUT2D eigenvalue weighted by Crippen LogP contribution is 2.21. The number of hydrogen-bond acceptors (Lipinski definition) is 2.